The average molecular weight is 420 g/mol. The number of fused-ring (bicyclic) bond motifs is 1. The minimum absolute atomic E-state index is 0.0553. The summed E-state index contributed by atoms with van der Waals surface area (Å²) in [5.74, 6) is -0.137. The number of aromatic nitrogens is 1. The van der Waals surface area contributed by atoms with Gasteiger partial charge in [0.1, 0.15) is 11.5 Å². The Kier molecular flexibility index (Phi) is 6.68. The van der Waals surface area contributed by atoms with Crippen molar-refractivity contribution in [2.75, 3.05) is 13.2 Å². The molecule has 2 heterocycles. The highest BCUT2D eigenvalue weighted by atomic mass is 16.5. The molecule has 1 aliphatic rings. The molecule has 0 saturated heterocycles. The van der Waals surface area contributed by atoms with Crippen LogP contribution in [0.15, 0.2) is 48.6 Å². The van der Waals surface area contributed by atoms with Crippen LogP contribution in [0.25, 0.3) is 0 Å². The van der Waals surface area contributed by atoms with Crippen molar-refractivity contribution in [1.29, 1.82) is 5.41 Å². The summed E-state index contributed by atoms with van der Waals surface area (Å²) in [4.78, 5) is 31.0. The number of ether oxygens (including phenoxy) is 1. The SMILES string of the molecule is CCOC(=O)C=CC(C)(C)c1cccc(C(=O)CN2Cc3ccc(CC)nc3C2=N)c1. The van der Waals surface area contributed by atoms with Gasteiger partial charge < -0.3 is 9.64 Å². The van der Waals surface area contributed by atoms with Crippen LogP contribution in [0.5, 0.6) is 0 Å². The first kappa shape index (κ1) is 22.4. The zero-order valence-corrected chi connectivity index (χ0v) is 18.6. The lowest BCUT2D eigenvalue weighted by atomic mass is 9.83. The number of nitrogens with one attached hydrogen (secondary N) is 1. The van der Waals surface area contributed by atoms with E-state index in [-0.39, 0.29) is 18.3 Å². The molecule has 0 amide bonds. The zero-order chi connectivity index (χ0) is 22.6. The van der Waals surface area contributed by atoms with Gasteiger partial charge in [-0.1, -0.05) is 51.1 Å². The fraction of sp³-hybridized carbons (Fsp3) is 0.360. The van der Waals surface area contributed by atoms with E-state index in [1.165, 1.54) is 6.08 Å². The topological polar surface area (TPSA) is 83.4 Å². The summed E-state index contributed by atoms with van der Waals surface area (Å²) in [7, 11) is 0. The molecule has 3 rings (SSSR count). The van der Waals surface area contributed by atoms with Gasteiger partial charge in [-0.15, -0.1) is 0 Å². The number of hydrogen-bond donors (Lipinski definition) is 1. The molecular weight excluding hydrogens is 390 g/mol. The van der Waals surface area contributed by atoms with E-state index in [9.17, 15) is 9.59 Å². The van der Waals surface area contributed by atoms with E-state index in [0.29, 0.717) is 30.2 Å². The Morgan fingerprint density at radius 2 is 2.00 bits per heavy atom. The number of Topliss-reactive ketones (excluding diaryl/α,β-unsaturated/α-hetero) is 1. The van der Waals surface area contributed by atoms with Gasteiger partial charge in [-0.2, -0.15) is 0 Å². The first-order chi connectivity index (χ1) is 14.7. The van der Waals surface area contributed by atoms with Gasteiger partial charge in [0.2, 0.25) is 0 Å². The Morgan fingerprint density at radius 1 is 1.23 bits per heavy atom. The van der Waals surface area contributed by atoms with Crippen LogP contribution in [0, 0.1) is 5.41 Å². The van der Waals surface area contributed by atoms with E-state index in [1.54, 1.807) is 24.0 Å². The zero-order valence-electron chi connectivity index (χ0n) is 18.6. The molecule has 0 aliphatic carbocycles. The van der Waals surface area contributed by atoms with Crippen LogP contribution in [-0.4, -0.2) is 40.6 Å². The van der Waals surface area contributed by atoms with Crippen molar-refractivity contribution in [2.24, 2.45) is 0 Å². The molecule has 162 valence electrons. The summed E-state index contributed by atoms with van der Waals surface area (Å²) in [6.07, 6.45) is 4.03. The predicted octanol–water partition coefficient (Wildman–Crippen LogP) is 4.06. The van der Waals surface area contributed by atoms with Crippen molar-refractivity contribution in [3.05, 3.63) is 76.6 Å². The van der Waals surface area contributed by atoms with Crippen LogP contribution >= 0.6 is 0 Å². The Morgan fingerprint density at radius 3 is 2.71 bits per heavy atom. The molecule has 1 aromatic carbocycles. The second kappa shape index (κ2) is 9.25. The fourth-order valence-electron chi connectivity index (χ4n) is 3.55. The molecule has 0 radical (unpaired) electrons. The highest BCUT2D eigenvalue weighted by Gasteiger charge is 2.28. The van der Waals surface area contributed by atoms with Crippen LogP contribution in [0.2, 0.25) is 0 Å². The van der Waals surface area contributed by atoms with E-state index in [1.807, 2.05) is 51.1 Å². The van der Waals surface area contributed by atoms with Gasteiger partial charge in [-0.3, -0.25) is 10.2 Å². The molecule has 0 atom stereocenters. The summed E-state index contributed by atoms with van der Waals surface area (Å²) < 4.78 is 4.95. The van der Waals surface area contributed by atoms with Gasteiger partial charge in [0.05, 0.1) is 13.2 Å². The van der Waals surface area contributed by atoms with Crippen molar-refractivity contribution in [1.82, 2.24) is 9.88 Å². The number of benzene rings is 1. The maximum absolute atomic E-state index is 13.0. The number of nitrogens with zero attached hydrogens (tertiary/aromatic N) is 2. The van der Waals surface area contributed by atoms with Crippen LogP contribution in [-0.2, 0) is 27.9 Å². The molecule has 1 N–H and O–H groups in total. The van der Waals surface area contributed by atoms with E-state index < -0.39 is 5.41 Å². The van der Waals surface area contributed by atoms with Crippen LogP contribution in [0.4, 0.5) is 0 Å². The molecule has 0 bridgehead atoms. The molecule has 0 saturated carbocycles. The number of esters is 1. The summed E-state index contributed by atoms with van der Waals surface area (Å²) >= 11 is 0. The van der Waals surface area contributed by atoms with Gasteiger partial charge in [0.15, 0.2) is 5.78 Å². The van der Waals surface area contributed by atoms with Crippen LogP contribution in [0.1, 0.15) is 60.6 Å². The molecular formula is C25H29N3O3. The number of ketones is 1. The summed E-state index contributed by atoms with van der Waals surface area (Å²) in [5, 5.41) is 8.44. The monoisotopic (exact) mass is 419 g/mol. The Balaban J connectivity index is 1.73. The first-order valence-electron chi connectivity index (χ1n) is 10.6. The van der Waals surface area contributed by atoms with Crippen molar-refractivity contribution in [2.45, 2.75) is 46.1 Å². The van der Waals surface area contributed by atoms with E-state index in [2.05, 4.69) is 4.98 Å². The normalized spacial score (nSPS) is 13.5. The Bertz CT molecular complexity index is 1040. The molecule has 6 nitrogen and oxygen atoms in total. The van der Waals surface area contributed by atoms with Gasteiger partial charge >= 0.3 is 5.97 Å². The molecule has 1 aliphatic heterocycles. The number of amidine groups is 1. The van der Waals surface area contributed by atoms with E-state index >= 15 is 0 Å². The predicted molar refractivity (Wildman–Crippen MR) is 120 cm³/mol. The number of carbonyl (C=O) groups is 2. The van der Waals surface area contributed by atoms with Gasteiger partial charge in [-0.25, -0.2) is 9.78 Å². The Labute approximate surface area is 183 Å². The smallest absolute Gasteiger partial charge is 0.330 e. The Hall–Kier alpha value is -3.28. The van der Waals surface area contributed by atoms with Gasteiger partial charge in [0, 0.05) is 34.9 Å². The van der Waals surface area contributed by atoms with Crippen molar-refractivity contribution < 1.29 is 14.3 Å². The fourth-order valence-corrected chi connectivity index (χ4v) is 3.55. The highest BCUT2D eigenvalue weighted by molar-refractivity contribution is 6.04. The van der Waals surface area contributed by atoms with E-state index in [0.717, 1.165) is 23.2 Å². The second-order valence-electron chi connectivity index (χ2n) is 8.18. The van der Waals surface area contributed by atoms with Crippen molar-refractivity contribution in [3.63, 3.8) is 0 Å². The molecule has 2 aromatic rings. The van der Waals surface area contributed by atoms with Crippen LogP contribution < -0.4 is 0 Å². The molecule has 0 fully saturated rings. The number of hydrogen-bond acceptors (Lipinski definition) is 5. The van der Waals surface area contributed by atoms with E-state index in [4.69, 9.17) is 10.1 Å². The quantitative estimate of drug-likeness (QED) is 0.396. The third kappa shape index (κ3) is 5.08. The lowest BCUT2D eigenvalue weighted by Crippen LogP contribution is -2.30. The lowest BCUT2D eigenvalue weighted by Gasteiger charge is -2.22. The largest absolute Gasteiger partial charge is 0.463 e. The number of pyridine rings is 1. The van der Waals surface area contributed by atoms with Crippen molar-refractivity contribution >= 4 is 17.6 Å². The minimum Gasteiger partial charge on any atom is -0.463 e. The number of carbonyl (C=O) groups excluding carboxylic acids is 2. The number of allylic oxidation sites excluding steroid dienone is 1. The molecule has 6 heteroatoms. The summed E-state index contributed by atoms with van der Waals surface area (Å²) in [5.41, 5.74) is 3.66. The molecule has 31 heavy (non-hydrogen) atoms. The van der Waals surface area contributed by atoms with Crippen molar-refractivity contribution in [3.8, 4) is 0 Å². The van der Waals surface area contributed by atoms with Crippen LogP contribution in [0.3, 0.4) is 0 Å². The average Bonchev–Trinajstić information content (AvgIpc) is 3.07. The number of rotatable bonds is 8. The minimum atomic E-state index is -0.444. The second-order valence-corrected chi connectivity index (χ2v) is 8.18. The molecule has 0 unspecified atom stereocenters. The molecule has 0 spiro atoms. The third-order valence-corrected chi connectivity index (χ3v) is 5.49. The maximum atomic E-state index is 13.0. The van der Waals surface area contributed by atoms with Gasteiger partial charge in [0.25, 0.3) is 0 Å². The third-order valence-electron chi connectivity index (χ3n) is 5.49. The maximum Gasteiger partial charge on any atom is 0.330 e. The lowest BCUT2D eigenvalue weighted by molar-refractivity contribution is -0.137. The first-order valence-corrected chi connectivity index (χ1v) is 10.6. The summed E-state index contributed by atoms with van der Waals surface area (Å²) in [6.45, 7) is 8.74. The summed E-state index contributed by atoms with van der Waals surface area (Å²) in [6, 6.07) is 11.4. The highest BCUT2D eigenvalue weighted by Crippen LogP contribution is 2.27. The standard InChI is InChI=1S/C25H29N3O3/c1-5-20-11-10-18-15-28(24(26)23(18)27-20)16-21(29)17-8-7-9-19(14-17)25(3,4)13-12-22(30)31-6-2/h7-14,26H,5-6,15-16H2,1-4H3. The van der Waals surface area contributed by atoms with Gasteiger partial charge in [-0.05, 0) is 31.0 Å². The molecule has 1 aromatic heterocycles. The number of aryl methyl sites for hydroxylation is 1.